The van der Waals surface area contributed by atoms with Gasteiger partial charge in [-0.2, -0.15) is 0 Å². The van der Waals surface area contributed by atoms with Gasteiger partial charge >= 0.3 is 0 Å². The standard InChI is InChI=1S/C23H15ClS2/c1-25-20-12-10-15(24)13-19(20)17-7-4-8-21-22(17)18-11-9-14-5-2-3-6-16(14)23(18)26-21/h2-13H,1H3. The Hall–Kier alpha value is -2.00. The van der Waals surface area contributed by atoms with Crippen LogP contribution in [0.1, 0.15) is 0 Å². The minimum absolute atomic E-state index is 0.778. The van der Waals surface area contributed by atoms with Crippen LogP contribution in [0.15, 0.2) is 77.7 Å². The van der Waals surface area contributed by atoms with E-state index in [1.807, 2.05) is 17.4 Å². The average molecular weight is 391 g/mol. The molecule has 0 spiro atoms. The topological polar surface area (TPSA) is 0 Å². The number of rotatable bonds is 2. The first-order valence-electron chi connectivity index (χ1n) is 8.43. The first-order valence-corrected chi connectivity index (χ1v) is 10.8. The number of fused-ring (bicyclic) bond motifs is 5. The molecule has 0 unspecified atom stereocenters. The molecule has 126 valence electrons. The summed E-state index contributed by atoms with van der Waals surface area (Å²) in [6.45, 7) is 0. The highest BCUT2D eigenvalue weighted by Crippen LogP contribution is 2.44. The molecule has 0 saturated carbocycles. The fourth-order valence-electron chi connectivity index (χ4n) is 3.67. The van der Waals surface area contributed by atoms with Crippen LogP contribution >= 0.6 is 34.7 Å². The van der Waals surface area contributed by atoms with E-state index in [9.17, 15) is 0 Å². The average Bonchev–Trinajstić information content (AvgIpc) is 3.07. The van der Waals surface area contributed by atoms with Gasteiger partial charge in [-0.15, -0.1) is 23.1 Å². The fourth-order valence-corrected chi connectivity index (χ4v) is 5.70. The van der Waals surface area contributed by atoms with Crippen LogP contribution < -0.4 is 0 Å². The molecule has 1 heterocycles. The SMILES string of the molecule is CSc1ccc(Cl)cc1-c1cccc2sc3c4ccccc4ccc3c12. The molecule has 0 aliphatic heterocycles. The molecule has 26 heavy (non-hydrogen) atoms. The summed E-state index contributed by atoms with van der Waals surface area (Å²) in [6.07, 6.45) is 2.12. The predicted octanol–water partition coefficient (Wildman–Crippen LogP) is 8.25. The van der Waals surface area contributed by atoms with E-state index in [2.05, 4.69) is 73.0 Å². The normalized spacial score (nSPS) is 11.6. The van der Waals surface area contributed by atoms with E-state index in [0.29, 0.717) is 0 Å². The number of hydrogen-bond donors (Lipinski definition) is 0. The van der Waals surface area contributed by atoms with E-state index in [1.165, 1.54) is 47.0 Å². The van der Waals surface area contributed by atoms with Gasteiger partial charge in [0.25, 0.3) is 0 Å². The van der Waals surface area contributed by atoms with Gasteiger partial charge in [-0.05, 0) is 52.4 Å². The van der Waals surface area contributed by atoms with Crippen LogP contribution in [0.4, 0.5) is 0 Å². The molecule has 1 aromatic heterocycles. The fraction of sp³-hybridized carbons (Fsp3) is 0.0435. The Labute approximate surface area is 165 Å². The quantitative estimate of drug-likeness (QED) is 0.273. The molecule has 0 bridgehead atoms. The van der Waals surface area contributed by atoms with Crippen molar-refractivity contribution in [1.82, 2.24) is 0 Å². The van der Waals surface area contributed by atoms with E-state index in [-0.39, 0.29) is 0 Å². The van der Waals surface area contributed by atoms with E-state index < -0.39 is 0 Å². The molecule has 0 amide bonds. The molecule has 0 N–H and O–H groups in total. The van der Waals surface area contributed by atoms with Gasteiger partial charge in [0, 0.05) is 30.1 Å². The van der Waals surface area contributed by atoms with E-state index in [0.717, 1.165) is 5.02 Å². The van der Waals surface area contributed by atoms with Crippen molar-refractivity contribution in [2.24, 2.45) is 0 Å². The van der Waals surface area contributed by atoms with Gasteiger partial charge in [0.2, 0.25) is 0 Å². The summed E-state index contributed by atoms with van der Waals surface area (Å²) >= 11 is 9.98. The highest BCUT2D eigenvalue weighted by atomic mass is 35.5. The minimum atomic E-state index is 0.778. The van der Waals surface area contributed by atoms with Crippen LogP contribution in [0.25, 0.3) is 42.1 Å². The molecule has 4 aromatic carbocycles. The lowest BCUT2D eigenvalue weighted by atomic mass is 9.98. The molecular formula is C23H15ClS2. The van der Waals surface area contributed by atoms with Crippen LogP contribution in [0.5, 0.6) is 0 Å². The van der Waals surface area contributed by atoms with Crippen molar-refractivity contribution in [2.45, 2.75) is 4.90 Å². The second-order valence-electron chi connectivity index (χ2n) is 6.29. The maximum atomic E-state index is 6.34. The molecule has 0 fully saturated rings. The minimum Gasteiger partial charge on any atom is -0.135 e. The van der Waals surface area contributed by atoms with Crippen molar-refractivity contribution < 1.29 is 0 Å². The number of thioether (sulfide) groups is 1. The third kappa shape index (κ3) is 2.44. The van der Waals surface area contributed by atoms with Crippen molar-refractivity contribution in [3.05, 3.63) is 77.8 Å². The largest absolute Gasteiger partial charge is 0.135 e. The molecule has 0 aliphatic carbocycles. The maximum Gasteiger partial charge on any atom is 0.0434 e. The van der Waals surface area contributed by atoms with E-state index in [4.69, 9.17) is 11.6 Å². The Morgan fingerprint density at radius 2 is 1.69 bits per heavy atom. The summed E-state index contributed by atoms with van der Waals surface area (Å²) in [5, 5.41) is 6.05. The molecule has 0 radical (unpaired) electrons. The zero-order valence-electron chi connectivity index (χ0n) is 14.1. The molecule has 3 heteroatoms. The zero-order valence-corrected chi connectivity index (χ0v) is 16.5. The highest BCUT2D eigenvalue weighted by molar-refractivity contribution is 7.98. The van der Waals surface area contributed by atoms with Gasteiger partial charge in [0.05, 0.1) is 0 Å². The van der Waals surface area contributed by atoms with Gasteiger partial charge in [-0.3, -0.25) is 0 Å². The molecule has 0 aliphatic rings. The lowest BCUT2D eigenvalue weighted by Gasteiger charge is -2.10. The van der Waals surface area contributed by atoms with Crippen LogP contribution in [0.3, 0.4) is 0 Å². The number of benzene rings is 4. The number of halogens is 1. The Balaban J connectivity index is 1.93. The monoisotopic (exact) mass is 390 g/mol. The summed E-state index contributed by atoms with van der Waals surface area (Å²) in [5.74, 6) is 0. The highest BCUT2D eigenvalue weighted by Gasteiger charge is 2.15. The van der Waals surface area contributed by atoms with E-state index in [1.54, 1.807) is 11.8 Å². The third-order valence-corrected chi connectivity index (χ3v) is 7.07. The van der Waals surface area contributed by atoms with Gasteiger partial charge in [0.1, 0.15) is 0 Å². The number of thiophene rings is 1. The molecular weight excluding hydrogens is 376 g/mol. The van der Waals surface area contributed by atoms with Gasteiger partial charge < -0.3 is 0 Å². The van der Waals surface area contributed by atoms with Crippen LogP contribution in [0.2, 0.25) is 5.02 Å². The van der Waals surface area contributed by atoms with Crippen molar-refractivity contribution in [3.8, 4) is 11.1 Å². The van der Waals surface area contributed by atoms with Gasteiger partial charge in [-0.25, -0.2) is 0 Å². The lowest BCUT2D eigenvalue weighted by molar-refractivity contribution is 1.46. The Morgan fingerprint density at radius 3 is 2.58 bits per heavy atom. The molecule has 0 nitrogen and oxygen atoms in total. The molecule has 0 saturated heterocycles. The van der Waals surface area contributed by atoms with Crippen LogP contribution in [0, 0.1) is 0 Å². The van der Waals surface area contributed by atoms with Crippen molar-refractivity contribution in [3.63, 3.8) is 0 Å². The molecule has 5 aromatic rings. The number of hydrogen-bond acceptors (Lipinski definition) is 2. The Bertz CT molecular complexity index is 1280. The zero-order chi connectivity index (χ0) is 17.7. The first-order chi connectivity index (χ1) is 12.8. The van der Waals surface area contributed by atoms with Crippen molar-refractivity contribution in [2.75, 3.05) is 6.26 Å². The summed E-state index contributed by atoms with van der Waals surface area (Å²) in [5.41, 5.74) is 2.47. The second-order valence-corrected chi connectivity index (χ2v) is 8.63. The Morgan fingerprint density at radius 1 is 0.808 bits per heavy atom. The lowest BCUT2D eigenvalue weighted by Crippen LogP contribution is -1.84. The van der Waals surface area contributed by atoms with Gasteiger partial charge in [-0.1, -0.05) is 60.1 Å². The van der Waals surface area contributed by atoms with E-state index >= 15 is 0 Å². The first kappa shape index (κ1) is 16.2. The molecule has 5 rings (SSSR count). The third-order valence-electron chi connectivity index (χ3n) is 4.84. The predicted molar refractivity (Wildman–Crippen MR) is 119 cm³/mol. The molecule has 0 atom stereocenters. The van der Waals surface area contributed by atoms with Gasteiger partial charge in [0.15, 0.2) is 0 Å². The summed E-state index contributed by atoms with van der Waals surface area (Å²) in [7, 11) is 0. The van der Waals surface area contributed by atoms with Crippen LogP contribution in [-0.4, -0.2) is 6.26 Å². The van der Waals surface area contributed by atoms with Crippen molar-refractivity contribution in [1.29, 1.82) is 0 Å². The summed E-state index contributed by atoms with van der Waals surface area (Å²) < 4.78 is 2.68. The smallest absolute Gasteiger partial charge is 0.0434 e. The van der Waals surface area contributed by atoms with Crippen LogP contribution in [-0.2, 0) is 0 Å². The summed E-state index contributed by atoms with van der Waals surface area (Å²) in [6, 6.07) is 25.9. The van der Waals surface area contributed by atoms with Crippen molar-refractivity contribution >= 4 is 65.6 Å². The second kappa shape index (κ2) is 6.31. The Kier molecular flexibility index (Phi) is 3.93. The maximum absolute atomic E-state index is 6.34. The summed E-state index contributed by atoms with van der Waals surface area (Å²) in [4.78, 5) is 1.25.